The predicted molar refractivity (Wildman–Crippen MR) is 111 cm³/mol. The Bertz CT molecular complexity index is 840. The second-order valence-corrected chi connectivity index (χ2v) is 7.59. The van der Waals surface area contributed by atoms with Gasteiger partial charge in [-0.2, -0.15) is 0 Å². The van der Waals surface area contributed by atoms with Crippen molar-refractivity contribution in [1.82, 2.24) is 10.2 Å². The number of benzene rings is 2. The molecule has 2 aromatic rings. The first-order valence-corrected chi connectivity index (χ1v) is 10.3. The van der Waals surface area contributed by atoms with E-state index < -0.39 is 0 Å². The molecule has 0 saturated carbocycles. The largest absolute Gasteiger partial charge is 0.489 e. The Labute approximate surface area is 175 Å². The lowest BCUT2D eigenvalue weighted by Gasteiger charge is -2.31. The summed E-state index contributed by atoms with van der Waals surface area (Å²) in [4.78, 5) is 15.4. The van der Waals surface area contributed by atoms with Crippen molar-refractivity contribution in [2.45, 2.75) is 12.5 Å². The van der Waals surface area contributed by atoms with Gasteiger partial charge in [0, 0.05) is 31.6 Å². The van der Waals surface area contributed by atoms with E-state index in [4.69, 9.17) is 25.8 Å². The fourth-order valence-corrected chi connectivity index (χ4v) is 3.83. The predicted octanol–water partition coefficient (Wildman–Crippen LogP) is 3.30. The smallest absolute Gasteiger partial charge is 0.252 e. The third-order valence-electron chi connectivity index (χ3n) is 5.12. The van der Waals surface area contributed by atoms with Gasteiger partial charge in [-0.1, -0.05) is 41.9 Å². The van der Waals surface area contributed by atoms with Crippen LogP contribution in [0.25, 0.3) is 0 Å². The first-order chi connectivity index (χ1) is 14.2. The first kappa shape index (κ1) is 20.0. The molecule has 0 aromatic heterocycles. The molecule has 0 radical (unpaired) electrons. The number of carbonyl (C=O) groups excluding carboxylic acids is 1. The highest BCUT2D eigenvalue weighted by molar-refractivity contribution is 6.32. The summed E-state index contributed by atoms with van der Waals surface area (Å²) in [5.74, 6) is 0.836. The number of morpholine rings is 1. The summed E-state index contributed by atoms with van der Waals surface area (Å²) in [6.07, 6.45) is 0.780. The van der Waals surface area contributed by atoms with Crippen LogP contribution in [0.4, 0.5) is 0 Å². The van der Waals surface area contributed by atoms with Crippen LogP contribution in [0.15, 0.2) is 42.5 Å². The number of fused-ring (bicyclic) bond motifs is 1. The van der Waals surface area contributed by atoms with Crippen molar-refractivity contribution in [3.8, 4) is 11.5 Å². The molecule has 4 rings (SSSR count). The molecule has 6 nitrogen and oxygen atoms in total. The summed E-state index contributed by atoms with van der Waals surface area (Å²) in [6, 6.07) is 13.2. The summed E-state index contributed by atoms with van der Waals surface area (Å²) in [5, 5.41) is 3.56. The van der Waals surface area contributed by atoms with Crippen molar-refractivity contribution in [2.75, 3.05) is 46.1 Å². The number of hydrogen-bond donors (Lipinski definition) is 1. The fourth-order valence-electron chi connectivity index (χ4n) is 3.57. The number of nitrogens with one attached hydrogen (secondary N) is 1. The van der Waals surface area contributed by atoms with Crippen molar-refractivity contribution in [2.24, 2.45) is 0 Å². The summed E-state index contributed by atoms with van der Waals surface area (Å²) < 4.78 is 16.8. The Morgan fingerprint density at radius 1 is 1.07 bits per heavy atom. The Morgan fingerprint density at radius 3 is 2.62 bits per heavy atom. The van der Waals surface area contributed by atoms with Crippen LogP contribution in [0.2, 0.25) is 5.02 Å². The molecule has 0 aliphatic carbocycles. The van der Waals surface area contributed by atoms with Gasteiger partial charge in [0.05, 0.1) is 37.5 Å². The van der Waals surface area contributed by atoms with Gasteiger partial charge in [-0.15, -0.1) is 0 Å². The Morgan fingerprint density at radius 2 is 1.83 bits per heavy atom. The molecule has 154 valence electrons. The lowest BCUT2D eigenvalue weighted by Crippen LogP contribution is -2.43. The summed E-state index contributed by atoms with van der Waals surface area (Å²) in [7, 11) is 0. The molecule has 2 heterocycles. The minimum atomic E-state index is -0.190. The quantitative estimate of drug-likeness (QED) is 0.810. The first-order valence-electron chi connectivity index (χ1n) is 9.96. The van der Waals surface area contributed by atoms with Crippen LogP contribution >= 0.6 is 11.6 Å². The molecule has 29 heavy (non-hydrogen) atoms. The number of nitrogens with zero attached hydrogens (tertiary/aromatic N) is 1. The van der Waals surface area contributed by atoms with Gasteiger partial charge in [0.15, 0.2) is 11.5 Å². The van der Waals surface area contributed by atoms with Crippen LogP contribution in [0.3, 0.4) is 0 Å². The van der Waals surface area contributed by atoms with Crippen molar-refractivity contribution < 1.29 is 19.0 Å². The van der Waals surface area contributed by atoms with Crippen LogP contribution in [0.5, 0.6) is 11.5 Å². The molecule has 7 heteroatoms. The highest BCUT2D eigenvalue weighted by Gasteiger charge is 2.23. The zero-order valence-electron chi connectivity index (χ0n) is 16.2. The Balaban J connectivity index is 1.54. The van der Waals surface area contributed by atoms with E-state index in [1.165, 1.54) is 0 Å². The van der Waals surface area contributed by atoms with Crippen molar-refractivity contribution in [1.29, 1.82) is 0 Å². The van der Waals surface area contributed by atoms with Crippen molar-refractivity contribution >= 4 is 17.5 Å². The average molecular weight is 417 g/mol. The van der Waals surface area contributed by atoms with E-state index in [1.807, 2.05) is 30.3 Å². The van der Waals surface area contributed by atoms with Gasteiger partial charge < -0.3 is 19.5 Å². The molecular weight excluding hydrogens is 392 g/mol. The van der Waals surface area contributed by atoms with Crippen LogP contribution < -0.4 is 14.8 Å². The highest BCUT2D eigenvalue weighted by atomic mass is 35.5. The lowest BCUT2D eigenvalue weighted by atomic mass is 10.0. The van der Waals surface area contributed by atoms with Crippen LogP contribution in [0.1, 0.15) is 28.4 Å². The molecule has 0 bridgehead atoms. The van der Waals surface area contributed by atoms with Crippen molar-refractivity contribution in [3.05, 3.63) is 58.6 Å². The highest BCUT2D eigenvalue weighted by Crippen LogP contribution is 2.38. The van der Waals surface area contributed by atoms with Gasteiger partial charge in [-0.25, -0.2) is 0 Å². The standard InChI is InChI=1S/C22H25ClN2O4/c23-18-13-17(14-20-21(18)29-10-4-9-28-20)22(26)24-19(16-5-2-1-3-6-16)15-25-7-11-27-12-8-25/h1-3,5-6,13-14,19H,4,7-12,15H2,(H,24,26)/t19-/m1/s1. The molecule has 2 aromatic carbocycles. The van der Waals surface area contributed by atoms with Gasteiger partial charge in [-0.3, -0.25) is 9.69 Å². The molecule has 0 unspecified atom stereocenters. The molecule has 0 spiro atoms. The number of halogens is 1. The van der Waals surface area contributed by atoms with Crippen LogP contribution in [-0.2, 0) is 4.74 Å². The Hall–Kier alpha value is -2.28. The van der Waals surface area contributed by atoms with Crippen molar-refractivity contribution in [3.63, 3.8) is 0 Å². The van der Waals surface area contributed by atoms with E-state index in [2.05, 4.69) is 10.2 Å². The topological polar surface area (TPSA) is 60.0 Å². The minimum absolute atomic E-state index is 0.142. The zero-order chi connectivity index (χ0) is 20.1. The maximum Gasteiger partial charge on any atom is 0.252 e. The molecule has 2 aliphatic heterocycles. The lowest BCUT2D eigenvalue weighted by molar-refractivity contribution is 0.0332. The van der Waals surface area contributed by atoms with Gasteiger partial charge in [0.25, 0.3) is 5.91 Å². The number of amides is 1. The van der Waals surface area contributed by atoms with Gasteiger partial charge >= 0.3 is 0 Å². The molecular formula is C22H25ClN2O4. The van der Waals surface area contributed by atoms with E-state index in [-0.39, 0.29) is 11.9 Å². The maximum atomic E-state index is 13.1. The van der Waals surface area contributed by atoms with Gasteiger partial charge in [0.1, 0.15) is 0 Å². The van der Waals surface area contributed by atoms with Gasteiger partial charge in [0.2, 0.25) is 0 Å². The molecule has 1 amide bonds. The second kappa shape index (κ2) is 9.48. The van der Waals surface area contributed by atoms with E-state index in [9.17, 15) is 4.79 Å². The van der Waals surface area contributed by atoms with E-state index >= 15 is 0 Å². The second-order valence-electron chi connectivity index (χ2n) is 7.19. The molecule has 1 saturated heterocycles. The molecule has 1 fully saturated rings. The summed E-state index contributed by atoms with van der Waals surface area (Å²) >= 11 is 6.37. The zero-order valence-corrected chi connectivity index (χ0v) is 17.0. The average Bonchev–Trinajstić information content (AvgIpc) is 3.00. The molecule has 1 atom stereocenters. The van der Waals surface area contributed by atoms with Gasteiger partial charge in [-0.05, 0) is 17.7 Å². The molecule has 2 aliphatic rings. The van der Waals surface area contributed by atoms with E-state index in [1.54, 1.807) is 12.1 Å². The molecule has 1 N–H and O–H groups in total. The number of hydrogen-bond acceptors (Lipinski definition) is 5. The normalized spacial score (nSPS) is 18.0. The number of rotatable bonds is 5. The van der Waals surface area contributed by atoms with Crippen LogP contribution in [-0.4, -0.2) is 56.9 Å². The third-order valence-corrected chi connectivity index (χ3v) is 5.40. The van der Waals surface area contributed by atoms with E-state index in [0.29, 0.717) is 48.5 Å². The third kappa shape index (κ3) is 5.01. The Kier molecular flexibility index (Phi) is 6.54. The van der Waals surface area contributed by atoms with Crippen LogP contribution in [0, 0.1) is 0 Å². The van der Waals surface area contributed by atoms with E-state index in [0.717, 1.165) is 31.6 Å². The minimum Gasteiger partial charge on any atom is -0.489 e. The SMILES string of the molecule is O=C(N[C@H](CN1CCOCC1)c1ccccc1)c1cc(Cl)c2c(c1)OCCCO2. The fraction of sp³-hybridized carbons (Fsp3) is 0.409. The monoisotopic (exact) mass is 416 g/mol. The number of ether oxygens (including phenoxy) is 3. The summed E-state index contributed by atoms with van der Waals surface area (Å²) in [5.41, 5.74) is 1.52. The summed E-state index contributed by atoms with van der Waals surface area (Å²) in [6.45, 7) is 4.95. The number of carbonyl (C=O) groups is 1. The maximum absolute atomic E-state index is 13.1.